The third-order valence-electron chi connectivity index (χ3n) is 6.43. The van der Waals surface area contributed by atoms with Crippen LogP contribution < -0.4 is 4.90 Å². The minimum Gasteiger partial charge on any atom is -0.469 e. The number of aliphatic hydroxyl groups is 1. The average molecular weight is 582 g/mol. The highest BCUT2D eigenvalue weighted by atomic mass is 35.5. The minimum absolute atomic E-state index is 0.184. The summed E-state index contributed by atoms with van der Waals surface area (Å²) < 4.78 is 5.99. The second-order valence-corrected chi connectivity index (χ2v) is 12.5. The van der Waals surface area contributed by atoms with Crippen LogP contribution in [0.15, 0.2) is 42.6 Å². The molecule has 1 saturated heterocycles. The number of carbonyl (C=O) groups is 1. The van der Waals surface area contributed by atoms with Crippen molar-refractivity contribution in [1.82, 2.24) is 19.9 Å². The number of halogens is 1. The second-order valence-electron chi connectivity index (χ2n) is 11.1. The van der Waals surface area contributed by atoms with Gasteiger partial charge in [0.15, 0.2) is 0 Å². The van der Waals surface area contributed by atoms with Crippen molar-refractivity contribution in [2.75, 3.05) is 39.2 Å². The van der Waals surface area contributed by atoms with Gasteiger partial charge in [-0.2, -0.15) is 0 Å². The van der Waals surface area contributed by atoms with Gasteiger partial charge in [-0.25, -0.2) is 15.0 Å². The molecule has 2 aromatic heterocycles. The third kappa shape index (κ3) is 7.14. The molecule has 8 nitrogen and oxygen atoms in total. The maximum absolute atomic E-state index is 12.3. The van der Waals surface area contributed by atoms with E-state index in [1.165, 1.54) is 7.11 Å². The van der Waals surface area contributed by atoms with E-state index in [-0.39, 0.29) is 12.4 Å². The van der Waals surface area contributed by atoms with Crippen molar-refractivity contribution < 1.29 is 14.6 Å². The molecule has 0 atom stereocenters. The zero-order chi connectivity index (χ0) is 29.2. The Morgan fingerprint density at radius 2 is 1.82 bits per heavy atom. The van der Waals surface area contributed by atoms with Gasteiger partial charge in [0.05, 0.1) is 29.3 Å². The van der Waals surface area contributed by atoms with Crippen molar-refractivity contribution in [2.45, 2.75) is 45.8 Å². The number of hydrogen-bond donors (Lipinski definition) is 1. The molecule has 3 heterocycles. The van der Waals surface area contributed by atoms with Gasteiger partial charge in [-0.1, -0.05) is 23.7 Å². The maximum Gasteiger partial charge on any atom is 0.310 e. The first-order valence-electron chi connectivity index (χ1n) is 13.1. The molecule has 0 amide bonds. The Labute approximate surface area is 244 Å². The summed E-state index contributed by atoms with van der Waals surface area (Å²) in [4.78, 5) is 30.9. The summed E-state index contributed by atoms with van der Waals surface area (Å²) in [5, 5.41) is 10.00. The Balaban J connectivity index is 0.000000681. The number of aryl methyl sites for hydroxylation is 1. The summed E-state index contributed by atoms with van der Waals surface area (Å²) in [6.45, 7) is 9.05. The highest BCUT2D eigenvalue weighted by Crippen LogP contribution is 2.41. The van der Waals surface area contributed by atoms with Crippen LogP contribution in [0.5, 0.6) is 0 Å². The van der Waals surface area contributed by atoms with E-state index in [0.717, 1.165) is 62.2 Å². The Morgan fingerprint density at radius 1 is 1.18 bits per heavy atom. The Morgan fingerprint density at radius 3 is 2.42 bits per heavy atom. The molecular formula is C30H36ClN5O3S. The van der Waals surface area contributed by atoms with Gasteiger partial charge >= 0.3 is 5.97 Å². The van der Waals surface area contributed by atoms with E-state index >= 15 is 0 Å². The zero-order valence-electron chi connectivity index (χ0n) is 24.0. The van der Waals surface area contributed by atoms with Crippen LogP contribution in [0.4, 0.5) is 5.95 Å². The number of likely N-dealkylation sites (N-methyl/N-ethyl adjacent to an activating group) is 1. The molecule has 212 valence electrons. The minimum atomic E-state index is -0.500. The Bertz CT molecular complexity index is 1490. The van der Waals surface area contributed by atoms with Gasteiger partial charge in [0.2, 0.25) is 5.95 Å². The van der Waals surface area contributed by atoms with E-state index in [9.17, 15) is 4.79 Å². The van der Waals surface area contributed by atoms with Crippen molar-refractivity contribution >= 4 is 45.1 Å². The molecule has 5 rings (SSSR count). The van der Waals surface area contributed by atoms with Crippen LogP contribution in [0.25, 0.3) is 32.0 Å². The van der Waals surface area contributed by atoms with Gasteiger partial charge in [-0.3, -0.25) is 4.79 Å². The number of rotatable bonds is 6. The number of thiazole rings is 1. The lowest BCUT2D eigenvalue weighted by molar-refractivity contribution is -0.139. The quantitative estimate of drug-likeness (QED) is 0.293. The summed E-state index contributed by atoms with van der Waals surface area (Å²) in [7, 11) is 5.60. The summed E-state index contributed by atoms with van der Waals surface area (Å²) in [5.41, 5.74) is 5.05. The molecule has 0 radical (unpaired) electrons. The third-order valence-corrected chi connectivity index (χ3v) is 7.79. The van der Waals surface area contributed by atoms with Gasteiger partial charge in [0.25, 0.3) is 0 Å². The predicted octanol–water partition coefficient (Wildman–Crippen LogP) is 5.63. The molecule has 0 unspecified atom stereocenters. The summed E-state index contributed by atoms with van der Waals surface area (Å²) in [6, 6.07) is 12.1. The van der Waals surface area contributed by atoms with Crippen molar-refractivity contribution in [2.24, 2.45) is 0 Å². The number of carbonyl (C=O) groups excluding carboxylic acids is 1. The fourth-order valence-electron chi connectivity index (χ4n) is 4.28. The SMILES string of the molecule is CC(C)(C)O.COC(=O)Cc1c(C)cc2nc(-c3ccnc(N4CC(N(C)C)C4)n3)sc2c1-c1ccc(Cl)cc1. The summed E-state index contributed by atoms with van der Waals surface area (Å²) >= 11 is 7.73. The molecule has 1 aliphatic rings. The van der Waals surface area contributed by atoms with E-state index in [4.69, 9.17) is 31.4 Å². The number of esters is 1. The molecule has 0 bridgehead atoms. The molecular weight excluding hydrogens is 546 g/mol. The molecule has 10 heteroatoms. The van der Waals surface area contributed by atoms with E-state index in [1.54, 1.807) is 38.3 Å². The first-order valence-corrected chi connectivity index (χ1v) is 14.3. The zero-order valence-corrected chi connectivity index (χ0v) is 25.6. The van der Waals surface area contributed by atoms with Crippen LogP contribution in [-0.4, -0.2) is 76.9 Å². The van der Waals surface area contributed by atoms with Gasteiger partial charge in [0.1, 0.15) is 10.7 Å². The molecule has 40 heavy (non-hydrogen) atoms. The number of methoxy groups -OCH3 is 1. The topological polar surface area (TPSA) is 91.7 Å². The lowest BCUT2D eigenvalue weighted by Gasteiger charge is -2.42. The Kier molecular flexibility index (Phi) is 9.09. The van der Waals surface area contributed by atoms with Crippen molar-refractivity contribution in [3.63, 3.8) is 0 Å². The molecule has 2 aromatic carbocycles. The number of benzene rings is 2. The standard InChI is InChI=1S/C26H26ClN5O2S.C4H10O/c1-15-11-21-24(23(19(15)12-22(33)34-4)16-5-7-17(27)8-6-16)35-25(29-21)20-9-10-28-26(30-20)32-13-18(14-32)31(2)3;1-4(2,3)5/h5-11,18H,12-14H2,1-4H3;5H,1-3H3. The molecule has 0 saturated carbocycles. The number of nitrogens with zero attached hydrogens (tertiary/aromatic N) is 5. The first kappa shape index (κ1) is 29.9. The van der Waals surface area contributed by atoms with E-state index in [0.29, 0.717) is 11.1 Å². The van der Waals surface area contributed by atoms with Gasteiger partial charge in [-0.15, -0.1) is 11.3 Å². The van der Waals surface area contributed by atoms with Crippen LogP contribution in [-0.2, 0) is 16.0 Å². The number of aromatic nitrogens is 3. The van der Waals surface area contributed by atoms with Gasteiger partial charge in [-0.05, 0) is 82.7 Å². The van der Waals surface area contributed by atoms with E-state index in [1.807, 2.05) is 43.3 Å². The maximum atomic E-state index is 12.3. The smallest absolute Gasteiger partial charge is 0.310 e. The fraction of sp³-hybridized carbons (Fsp3) is 0.400. The highest BCUT2D eigenvalue weighted by Gasteiger charge is 2.30. The average Bonchev–Trinajstić information content (AvgIpc) is 3.26. The normalized spacial score (nSPS) is 13.7. The summed E-state index contributed by atoms with van der Waals surface area (Å²) in [6.07, 6.45) is 1.98. The van der Waals surface area contributed by atoms with Crippen LogP contribution in [0.3, 0.4) is 0 Å². The van der Waals surface area contributed by atoms with Gasteiger partial charge in [0, 0.05) is 35.9 Å². The fourth-order valence-corrected chi connectivity index (χ4v) is 5.51. The van der Waals surface area contributed by atoms with Crippen LogP contribution >= 0.6 is 22.9 Å². The molecule has 1 N–H and O–H groups in total. The van der Waals surface area contributed by atoms with Crippen LogP contribution in [0.2, 0.25) is 5.02 Å². The van der Waals surface area contributed by atoms with Crippen LogP contribution in [0.1, 0.15) is 31.9 Å². The summed E-state index contributed by atoms with van der Waals surface area (Å²) in [5.74, 6) is 0.443. The number of anilines is 1. The van der Waals surface area contributed by atoms with Gasteiger partial charge < -0.3 is 19.6 Å². The van der Waals surface area contributed by atoms with Crippen molar-refractivity contribution in [3.8, 4) is 21.8 Å². The van der Waals surface area contributed by atoms with Crippen LogP contribution in [0, 0.1) is 6.92 Å². The molecule has 4 aromatic rings. The first-order chi connectivity index (χ1) is 18.8. The molecule has 0 aliphatic carbocycles. The number of ether oxygens (including phenoxy) is 1. The predicted molar refractivity (Wildman–Crippen MR) is 163 cm³/mol. The highest BCUT2D eigenvalue weighted by molar-refractivity contribution is 7.22. The number of hydrogen-bond acceptors (Lipinski definition) is 9. The van der Waals surface area contributed by atoms with Crippen molar-refractivity contribution in [3.05, 3.63) is 58.7 Å². The second kappa shape index (κ2) is 12.2. The van der Waals surface area contributed by atoms with E-state index in [2.05, 4.69) is 28.9 Å². The lowest BCUT2D eigenvalue weighted by atomic mass is 9.93. The number of fused-ring (bicyclic) bond motifs is 1. The van der Waals surface area contributed by atoms with E-state index < -0.39 is 5.60 Å². The molecule has 1 aliphatic heterocycles. The Hall–Kier alpha value is -3.11. The lowest BCUT2D eigenvalue weighted by Crippen LogP contribution is -2.58. The molecule has 1 fully saturated rings. The van der Waals surface area contributed by atoms with Crippen molar-refractivity contribution in [1.29, 1.82) is 0 Å². The monoisotopic (exact) mass is 581 g/mol. The largest absolute Gasteiger partial charge is 0.469 e. The molecule has 0 spiro atoms.